The van der Waals surface area contributed by atoms with Crippen molar-refractivity contribution < 1.29 is 27.5 Å². The van der Waals surface area contributed by atoms with Crippen LogP contribution in [0.4, 0.5) is 29.1 Å². The number of alkyl halides is 3. The number of halogens is 4. The third kappa shape index (κ3) is 4.14. The van der Waals surface area contributed by atoms with E-state index in [1.807, 2.05) is 0 Å². The van der Waals surface area contributed by atoms with Crippen LogP contribution in [0.1, 0.15) is 16.7 Å². The van der Waals surface area contributed by atoms with Crippen LogP contribution in [0.15, 0.2) is 72.4 Å². The fourth-order valence-electron chi connectivity index (χ4n) is 3.45. The molecule has 0 saturated heterocycles. The van der Waals surface area contributed by atoms with Gasteiger partial charge in [0.15, 0.2) is 5.78 Å². The molecular weight excluding hydrogens is 412 g/mol. The fourth-order valence-corrected chi connectivity index (χ4v) is 3.45. The lowest BCUT2D eigenvalue weighted by Crippen LogP contribution is -2.30. The van der Waals surface area contributed by atoms with Crippen LogP contribution in [0.25, 0.3) is 5.76 Å². The van der Waals surface area contributed by atoms with E-state index < -0.39 is 23.3 Å². The topological polar surface area (TPSA) is 53.4 Å². The van der Waals surface area contributed by atoms with Crippen LogP contribution < -0.4 is 4.90 Å². The highest BCUT2D eigenvalue weighted by molar-refractivity contribution is 6.05. The second kappa shape index (κ2) is 7.86. The molecule has 2 aromatic carbocycles. The van der Waals surface area contributed by atoms with Gasteiger partial charge in [0, 0.05) is 18.3 Å². The molecule has 4 rings (SSSR count). The third-order valence-corrected chi connectivity index (χ3v) is 5.00. The minimum absolute atomic E-state index is 0.0437. The quantitative estimate of drug-likeness (QED) is 0.560. The van der Waals surface area contributed by atoms with Crippen LogP contribution in [0.5, 0.6) is 0 Å². The number of hydrogen-bond donors (Lipinski definition) is 1. The summed E-state index contributed by atoms with van der Waals surface area (Å²) in [7, 11) is 0. The van der Waals surface area contributed by atoms with Gasteiger partial charge in [-0.15, -0.1) is 0 Å². The normalized spacial score (nSPS) is 13.9. The molecule has 0 spiro atoms. The first kappa shape index (κ1) is 20.6. The van der Waals surface area contributed by atoms with Crippen molar-refractivity contribution in [3.05, 3.63) is 94.9 Å². The van der Waals surface area contributed by atoms with E-state index in [4.69, 9.17) is 0 Å². The van der Waals surface area contributed by atoms with E-state index in [0.717, 1.165) is 12.1 Å². The lowest BCUT2D eigenvalue weighted by atomic mass is 9.95. The Labute approximate surface area is 175 Å². The number of aromatic nitrogens is 1. The van der Waals surface area contributed by atoms with Gasteiger partial charge in [0.05, 0.1) is 23.2 Å². The molecular formula is C23H16F4N2O2. The Bertz CT molecular complexity index is 1170. The SMILES string of the molecule is O=C(Cc1ccc(F)cc1)C1=C(O)c2cccnc2N(c2cccc(C(F)(F)F)c2)C1. The minimum atomic E-state index is -4.53. The Morgan fingerprint density at radius 2 is 1.81 bits per heavy atom. The number of nitrogens with zero attached hydrogens (tertiary/aromatic N) is 2. The van der Waals surface area contributed by atoms with E-state index >= 15 is 0 Å². The molecule has 0 atom stereocenters. The zero-order valence-electron chi connectivity index (χ0n) is 16.0. The van der Waals surface area contributed by atoms with Crippen molar-refractivity contribution in [1.29, 1.82) is 0 Å². The molecule has 3 aromatic rings. The molecule has 158 valence electrons. The molecule has 0 fully saturated rings. The van der Waals surface area contributed by atoms with Crippen LogP contribution in [0.3, 0.4) is 0 Å². The fraction of sp³-hybridized carbons (Fsp3) is 0.130. The van der Waals surface area contributed by atoms with Gasteiger partial charge in [-0.25, -0.2) is 9.37 Å². The molecule has 1 aliphatic rings. The number of carbonyl (C=O) groups excluding carboxylic acids is 1. The molecule has 4 nitrogen and oxygen atoms in total. The zero-order valence-corrected chi connectivity index (χ0v) is 16.0. The molecule has 0 bridgehead atoms. The van der Waals surface area contributed by atoms with Crippen molar-refractivity contribution in [3.8, 4) is 0 Å². The van der Waals surface area contributed by atoms with Gasteiger partial charge in [-0.3, -0.25) is 4.79 Å². The average Bonchev–Trinajstić information content (AvgIpc) is 2.75. The predicted molar refractivity (Wildman–Crippen MR) is 107 cm³/mol. The summed E-state index contributed by atoms with van der Waals surface area (Å²) < 4.78 is 52.7. The highest BCUT2D eigenvalue weighted by atomic mass is 19.4. The molecule has 0 unspecified atom stereocenters. The van der Waals surface area contributed by atoms with E-state index in [-0.39, 0.29) is 41.4 Å². The van der Waals surface area contributed by atoms with Gasteiger partial charge in [-0.05, 0) is 48.0 Å². The lowest BCUT2D eigenvalue weighted by Gasteiger charge is -2.31. The smallest absolute Gasteiger partial charge is 0.416 e. The molecule has 31 heavy (non-hydrogen) atoms. The summed E-state index contributed by atoms with van der Waals surface area (Å²) in [4.78, 5) is 18.6. The van der Waals surface area contributed by atoms with Crippen LogP contribution in [-0.2, 0) is 17.4 Å². The Morgan fingerprint density at radius 3 is 2.52 bits per heavy atom. The second-order valence-electron chi connectivity index (χ2n) is 7.06. The summed E-state index contributed by atoms with van der Waals surface area (Å²) in [5, 5.41) is 10.7. The molecule has 8 heteroatoms. The first-order valence-electron chi connectivity index (χ1n) is 9.34. The molecule has 1 aliphatic heterocycles. The highest BCUT2D eigenvalue weighted by Gasteiger charge is 2.33. The molecule has 0 saturated carbocycles. The Hall–Kier alpha value is -3.68. The second-order valence-corrected chi connectivity index (χ2v) is 7.06. The average molecular weight is 428 g/mol. The van der Waals surface area contributed by atoms with Crippen molar-refractivity contribution in [1.82, 2.24) is 4.98 Å². The number of ketones is 1. The largest absolute Gasteiger partial charge is 0.507 e. The van der Waals surface area contributed by atoms with Crippen LogP contribution >= 0.6 is 0 Å². The number of aliphatic hydroxyl groups is 1. The number of aliphatic hydroxyl groups excluding tert-OH is 1. The number of pyridine rings is 1. The monoisotopic (exact) mass is 428 g/mol. The summed E-state index contributed by atoms with van der Waals surface area (Å²) in [5.74, 6) is -0.877. The standard InChI is InChI=1S/C23H16F4N2O2/c24-16-8-6-14(7-9-16)11-20(30)19-13-29(22-18(21(19)31)5-2-10-28-22)17-4-1-3-15(12-17)23(25,26)27/h1-10,12,31H,11,13H2. The van der Waals surface area contributed by atoms with Crippen molar-refractivity contribution in [2.24, 2.45) is 0 Å². The van der Waals surface area contributed by atoms with Gasteiger partial charge in [-0.2, -0.15) is 13.2 Å². The number of anilines is 2. The molecule has 0 radical (unpaired) electrons. The molecule has 0 aliphatic carbocycles. The molecule has 0 amide bonds. The summed E-state index contributed by atoms with van der Waals surface area (Å²) in [6.07, 6.45) is -3.16. The summed E-state index contributed by atoms with van der Waals surface area (Å²) in [5.41, 5.74) is 0.194. The van der Waals surface area contributed by atoms with E-state index in [1.54, 1.807) is 12.1 Å². The predicted octanol–water partition coefficient (Wildman–Crippen LogP) is 5.47. The molecule has 1 N–H and O–H groups in total. The van der Waals surface area contributed by atoms with Gasteiger partial charge < -0.3 is 10.0 Å². The van der Waals surface area contributed by atoms with Gasteiger partial charge >= 0.3 is 6.18 Å². The van der Waals surface area contributed by atoms with E-state index in [2.05, 4.69) is 4.98 Å². The van der Waals surface area contributed by atoms with Crippen LogP contribution in [-0.4, -0.2) is 22.4 Å². The maximum atomic E-state index is 13.2. The maximum absolute atomic E-state index is 13.2. The lowest BCUT2D eigenvalue weighted by molar-refractivity contribution is -0.137. The van der Waals surface area contributed by atoms with E-state index in [9.17, 15) is 27.5 Å². The summed E-state index contributed by atoms with van der Waals surface area (Å²) >= 11 is 0. The third-order valence-electron chi connectivity index (χ3n) is 5.00. The highest BCUT2D eigenvalue weighted by Crippen LogP contribution is 2.39. The zero-order chi connectivity index (χ0) is 22.2. The number of benzene rings is 2. The Morgan fingerprint density at radius 1 is 1.06 bits per heavy atom. The molecule has 1 aromatic heterocycles. The maximum Gasteiger partial charge on any atom is 0.416 e. The first-order valence-corrected chi connectivity index (χ1v) is 9.34. The Kier molecular flexibility index (Phi) is 5.22. The van der Waals surface area contributed by atoms with Crippen molar-refractivity contribution in [3.63, 3.8) is 0 Å². The summed E-state index contributed by atoms with van der Waals surface area (Å²) in [6, 6.07) is 13.2. The van der Waals surface area contributed by atoms with Gasteiger partial charge in [0.25, 0.3) is 0 Å². The van der Waals surface area contributed by atoms with E-state index in [0.29, 0.717) is 5.56 Å². The summed E-state index contributed by atoms with van der Waals surface area (Å²) in [6.45, 7) is -0.156. The number of Topliss-reactive ketones (excluding diaryl/α,β-unsaturated/α-hetero) is 1. The number of rotatable bonds is 4. The van der Waals surface area contributed by atoms with Crippen LogP contribution in [0.2, 0.25) is 0 Å². The Balaban J connectivity index is 1.73. The number of fused-ring (bicyclic) bond motifs is 1. The van der Waals surface area contributed by atoms with Crippen molar-refractivity contribution in [2.75, 3.05) is 11.4 Å². The first-order chi connectivity index (χ1) is 14.7. The van der Waals surface area contributed by atoms with Gasteiger partial charge in [-0.1, -0.05) is 18.2 Å². The van der Waals surface area contributed by atoms with Crippen molar-refractivity contribution in [2.45, 2.75) is 12.6 Å². The molecule has 2 heterocycles. The van der Waals surface area contributed by atoms with Crippen LogP contribution in [0, 0.1) is 5.82 Å². The minimum Gasteiger partial charge on any atom is -0.507 e. The van der Waals surface area contributed by atoms with Gasteiger partial charge in [0.1, 0.15) is 17.4 Å². The van der Waals surface area contributed by atoms with Gasteiger partial charge in [0.2, 0.25) is 0 Å². The number of hydrogen-bond acceptors (Lipinski definition) is 4. The van der Waals surface area contributed by atoms with Crippen molar-refractivity contribution >= 4 is 23.0 Å². The van der Waals surface area contributed by atoms with E-state index in [1.165, 1.54) is 47.5 Å². The number of carbonyl (C=O) groups is 1.